The van der Waals surface area contributed by atoms with E-state index in [0.717, 1.165) is 24.1 Å². The first kappa shape index (κ1) is 15.4. The summed E-state index contributed by atoms with van der Waals surface area (Å²) in [6, 6.07) is 13.8. The van der Waals surface area contributed by atoms with Crippen molar-refractivity contribution in [2.24, 2.45) is 0 Å². The Labute approximate surface area is 151 Å². The Balaban J connectivity index is 1.43. The maximum absolute atomic E-state index is 13.2. The lowest BCUT2D eigenvalue weighted by molar-refractivity contribution is -0.123. The molecule has 5 heteroatoms. The number of amides is 1. The molecule has 0 radical (unpaired) electrons. The van der Waals surface area contributed by atoms with E-state index in [1.54, 1.807) is 0 Å². The summed E-state index contributed by atoms with van der Waals surface area (Å²) in [5.74, 6) is 0.999. The van der Waals surface area contributed by atoms with Crippen LogP contribution >= 0.6 is 0 Å². The van der Waals surface area contributed by atoms with E-state index in [2.05, 4.69) is 22.8 Å². The summed E-state index contributed by atoms with van der Waals surface area (Å²) < 4.78 is 5.71. The van der Waals surface area contributed by atoms with E-state index in [-0.39, 0.29) is 29.6 Å². The fraction of sp³-hybridized carbons (Fsp3) is 0.333. The molecule has 0 bridgehead atoms. The number of hydrogen-bond donors (Lipinski definition) is 2. The van der Waals surface area contributed by atoms with Crippen LogP contribution in [-0.4, -0.2) is 24.3 Å². The van der Waals surface area contributed by atoms with Crippen molar-refractivity contribution >= 4 is 23.1 Å². The molecule has 2 aromatic carbocycles. The molecule has 2 N–H and O–H groups in total. The summed E-state index contributed by atoms with van der Waals surface area (Å²) in [7, 11) is 0. The number of ether oxygens (including phenoxy) is 1. The number of benzene rings is 2. The highest BCUT2D eigenvalue weighted by molar-refractivity contribution is 5.97. The average molecular weight is 348 g/mol. The predicted molar refractivity (Wildman–Crippen MR) is 98.8 cm³/mol. The summed E-state index contributed by atoms with van der Waals surface area (Å²) >= 11 is 0. The Morgan fingerprint density at radius 1 is 1.00 bits per heavy atom. The third-order valence-electron chi connectivity index (χ3n) is 5.76. The maximum atomic E-state index is 13.2. The van der Waals surface area contributed by atoms with E-state index < -0.39 is 0 Å². The zero-order valence-corrected chi connectivity index (χ0v) is 14.3. The largest absolute Gasteiger partial charge is 0.491 e. The number of carbonyl (C=O) groups is 2. The molecule has 1 aliphatic carbocycles. The summed E-state index contributed by atoms with van der Waals surface area (Å²) in [6.45, 7) is 0.364. The van der Waals surface area contributed by atoms with Gasteiger partial charge in [-0.3, -0.25) is 9.59 Å². The Morgan fingerprint density at radius 2 is 1.88 bits per heavy atom. The van der Waals surface area contributed by atoms with Gasteiger partial charge in [-0.15, -0.1) is 0 Å². The van der Waals surface area contributed by atoms with E-state index in [4.69, 9.17) is 4.74 Å². The van der Waals surface area contributed by atoms with Gasteiger partial charge in [0.25, 0.3) is 0 Å². The van der Waals surface area contributed by atoms with Crippen LogP contribution in [0.3, 0.4) is 0 Å². The first-order chi connectivity index (χ1) is 12.7. The van der Waals surface area contributed by atoms with Crippen LogP contribution in [0, 0.1) is 0 Å². The van der Waals surface area contributed by atoms with Crippen molar-refractivity contribution in [3.8, 4) is 5.75 Å². The molecular formula is C21H20N2O3. The smallest absolute Gasteiger partial charge is 0.227 e. The van der Waals surface area contributed by atoms with Crippen molar-refractivity contribution in [1.82, 2.24) is 0 Å². The summed E-state index contributed by atoms with van der Waals surface area (Å²) in [5, 5.41) is 6.28. The third kappa shape index (κ3) is 2.38. The molecule has 3 atom stereocenters. The van der Waals surface area contributed by atoms with E-state index in [0.29, 0.717) is 24.5 Å². The molecule has 1 amide bonds. The molecule has 2 aromatic rings. The van der Waals surface area contributed by atoms with Crippen LogP contribution in [-0.2, 0) is 9.59 Å². The molecule has 132 valence electrons. The molecular weight excluding hydrogens is 328 g/mol. The Bertz CT molecular complexity index is 908. The van der Waals surface area contributed by atoms with Gasteiger partial charge < -0.3 is 15.4 Å². The molecule has 0 spiro atoms. The second kappa shape index (κ2) is 5.87. The maximum Gasteiger partial charge on any atom is 0.227 e. The quantitative estimate of drug-likeness (QED) is 0.828. The molecule has 5 nitrogen and oxygen atoms in total. The van der Waals surface area contributed by atoms with Gasteiger partial charge in [0.15, 0.2) is 5.78 Å². The number of anilines is 2. The van der Waals surface area contributed by atoms with Crippen LogP contribution in [0.15, 0.2) is 42.5 Å². The van der Waals surface area contributed by atoms with E-state index >= 15 is 0 Å². The SMILES string of the molecule is O=C1CCOc2cc(C3CCC4c5ccccc5NC4C3=O)ccc2N1. The van der Waals surface area contributed by atoms with E-state index in [9.17, 15) is 9.59 Å². The van der Waals surface area contributed by atoms with Gasteiger partial charge in [0.2, 0.25) is 5.91 Å². The van der Waals surface area contributed by atoms with Gasteiger partial charge in [0.05, 0.1) is 24.8 Å². The minimum absolute atomic E-state index is 0.0407. The number of Topliss-reactive ketones (excluding diaryl/α,β-unsaturated/α-hetero) is 1. The minimum Gasteiger partial charge on any atom is -0.491 e. The molecule has 26 heavy (non-hydrogen) atoms. The molecule has 2 heterocycles. The van der Waals surface area contributed by atoms with Crippen molar-refractivity contribution in [3.05, 3.63) is 53.6 Å². The number of hydrogen-bond acceptors (Lipinski definition) is 4. The zero-order chi connectivity index (χ0) is 17.7. The highest BCUT2D eigenvalue weighted by atomic mass is 16.5. The summed E-state index contributed by atoms with van der Waals surface area (Å²) in [4.78, 5) is 24.9. The lowest BCUT2D eigenvalue weighted by Gasteiger charge is -2.31. The van der Waals surface area contributed by atoms with Crippen molar-refractivity contribution in [2.45, 2.75) is 37.1 Å². The van der Waals surface area contributed by atoms with Crippen LogP contribution in [0.1, 0.15) is 42.2 Å². The second-order valence-electron chi connectivity index (χ2n) is 7.25. The number of fused-ring (bicyclic) bond motifs is 4. The third-order valence-corrected chi connectivity index (χ3v) is 5.76. The Morgan fingerprint density at radius 3 is 2.81 bits per heavy atom. The fourth-order valence-corrected chi connectivity index (χ4v) is 4.47. The van der Waals surface area contributed by atoms with Crippen LogP contribution < -0.4 is 15.4 Å². The molecule has 3 unspecified atom stereocenters. The fourth-order valence-electron chi connectivity index (χ4n) is 4.47. The van der Waals surface area contributed by atoms with Crippen LogP contribution in [0.25, 0.3) is 0 Å². The van der Waals surface area contributed by atoms with Gasteiger partial charge >= 0.3 is 0 Å². The molecule has 3 aliphatic rings. The lowest BCUT2D eigenvalue weighted by Crippen LogP contribution is -2.38. The van der Waals surface area contributed by atoms with Gasteiger partial charge in [-0.1, -0.05) is 24.3 Å². The lowest BCUT2D eigenvalue weighted by atomic mass is 9.74. The predicted octanol–water partition coefficient (Wildman–Crippen LogP) is 3.43. The van der Waals surface area contributed by atoms with Gasteiger partial charge in [0.1, 0.15) is 5.75 Å². The van der Waals surface area contributed by atoms with Crippen molar-refractivity contribution in [1.29, 1.82) is 0 Å². The number of carbonyl (C=O) groups excluding carboxylic acids is 2. The number of para-hydroxylation sites is 1. The highest BCUT2D eigenvalue weighted by Crippen LogP contribution is 2.46. The van der Waals surface area contributed by atoms with Gasteiger partial charge in [-0.25, -0.2) is 0 Å². The average Bonchev–Trinajstić information content (AvgIpc) is 2.92. The monoisotopic (exact) mass is 348 g/mol. The van der Waals surface area contributed by atoms with Gasteiger partial charge in [-0.05, 0) is 42.2 Å². The molecule has 5 rings (SSSR count). The summed E-state index contributed by atoms with van der Waals surface area (Å²) in [6.07, 6.45) is 2.17. The molecule has 1 fully saturated rings. The van der Waals surface area contributed by atoms with Gasteiger partial charge in [-0.2, -0.15) is 0 Å². The normalized spacial score (nSPS) is 26.5. The second-order valence-corrected chi connectivity index (χ2v) is 7.25. The number of nitrogens with one attached hydrogen (secondary N) is 2. The van der Waals surface area contributed by atoms with Crippen molar-refractivity contribution < 1.29 is 14.3 Å². The minimum atomic E-state index is -0.148. The Kier molecular flexibility index (Phi) is 3.48. The zero-order valence-electron chi connectivity index (χ0n) is 14.3. The van der Waals surface area contributed by atoms with E-state index in [1.165, 1.54) is 5.56 Å². The Hall–Kier alpha value is -2.82. The molecule has 1 saturated carbocycles. The van der Waals surface area contributed by atoms with Crippen molar-refractivity contribution in [2.75, 3.05) is 17.2 Å². The van der Waals surface area contributed by atoms with Crippen molar-refractivity contribution in [3.63, 3.8) is 0 Å². The molecule has 0 saturated heterocycles. The molecule has 0 aromatic heterocycles. The topological polar surface area (TPSA) is 67.4 Å². The molecule has 2 aliphatic heterocycles. The summed E-state index contributed by atoms with van der Waals surface area (Å²) in [5.41, 5.74) is 4.01. The first-order valence-corrected chi connectivity index (χ1v) is 9.16. The first-order valence-electron chi connectivity index (χ1n) is 9.16. The van der Waals surface area contributed by atoms with Gasteiger partial charge in [0, 0.05) is 17.5 Å². The highest BCUT2D eigenvalue weighted by Gasteiger charge is 2.43. The van der Waals surface area contributed by atoms with E-state index in [1.807, 2.05) is 30.3 Å². The standard InChI is InChI=1S/C21H20N2O3/c24-19-9-10-26-18-11-12(5-8-17(18)22-19)13-6-7-15-14-3-1-2-4-16(14)23-20(15)21(13)25/h1-5,8,11,13,15,20,23H,6-7,9-10H2,(H,22,24). The number of ketones is 1. The number of rotatable bonds is 1. The van der Waals surface area contributed by atoms with Crippen LogP contribution in [0.2, 0.25) is 0 Å². The van der Waals surface area contributed by atoms with Crippen LogP contribution in [0.4, 0.5) is 11.4 Å². The van der Waals surface area contributed by atoms with Crippen LogP contribution in [0.5, 0.6) is 5.75 Å².